The molecule has 0 aliphatic carbocycles. The average molecular weight is 294 g/mol. The standard InChI is InChI=1S/C16H26N2O3/c1-12(2)18-16(19)13(3)21-15-7-5-6-14(10-15)11-17-8-9-20-4/h5-7,10,12-13,17H,8-9,11H2,1-4H3,(H,18,19). The molecular formula is C16H26N2O3. The Labute approximate surface area is 127 Å². The molecule has 0 heterocycles. The molecule has 1 rings (SSSR count). The van der Waals surface area contributed by atoms with Crippen LogP contribution in [0.5, 0.6) is 5.75 Å². The fourth-order valence-corrected chi connectivity index (χ4v) is 1.80. The smallest absolute Gasteiger partial charge is 0.260 e. The van der Waals surface area contributed by atoms with Gasteiger partial charge < -0.3 is 20.1 Å². The van der Waals surface area contributed by atoms with Crippen molar-refractivity contribution in [3.63, 3.8) is 0 Å². The van der Waals surface area contributed by atoms with Crippen molar-refractivity contribution in [1.29, 1.82) is 0 Å². The van der Waals surface area contributed by atoms with Crippen LogP contribution in [0.1, 0.15) is 26.3 Å². The Morgan fingerprint density at radius 1 is 1.29 bits per heavy atom. The molecule has 1 unspecified atom stereocenters. The molecule has 0 radical (unpaired) electrons. The normalized spacial score (nSPS) is 12.2. The Balaban J connectivity index is 2.49. The molecule has 0 spiro atoms. The molecule has 2 N–H and O–H groups in total. The summed E-state index contributed by atoms with van der Waals surface area (Å²) >= 11 is 0. The molecule has 0 aliphatic rings. The monoisotopic (exact) mass is 294 g/mol. The summed E-state index contributed by atoms with van der Waals surface area (Å²) in [6, 6.07) is 7.86. The average Bonchev–Trinajstić information content (AvgIpc) is 2.43. The number of nitrogens with one attached hydrogen (secondary N) is 2. The predicted molar refractivity (Wildman–Crippen MR) is 83.4 cm³/mol. The van der Waals surface area contributed by atoms with Gasteiger partial charge in [-0.1, -0.05) is 12.1 Å². The number of carbonyl (C=O) groups is 1. The number of ether oxygens (including phenoxy) is 2. The first-order valence-corrected chi connectivity index (χ1v) is 7.28. The van der Waals surface area contributed by atoms with E-state index in [1.54, 1.807) is 14.0 Å². The fraction of sp³-hybridized carbons (Fsp3) is 0.562. The Morgan fingerprint density at radius 2 is 2.05 bits per heavy atom. The zero-order valence-corrected chi connectivity index (χ0v) is 13.3. The van der Waals surface area contributed by atoms with Crippen LogP contribution >= 0.6 is 0 Å². The molecular weight excluding hydrogens is 268 g/mol. The zero-order valence-electron chi connectivity index (χ0n) is 13.3. The van der Waals surface area contributed by atoms with Crippen LogP contribution in [0.25, 0.3) is 0 Å². The predicted octanol–water partition coefficient (Wildman–Crippen LogP) is 1.71. The van der Waals surface area contributed by atoms with E-state index in [0.29, 0.717) is 12.4 Å². The van der Waals surface area contributed by atoms with E-state index in [9.17, 15) is 4.79 Å². The Kier molecular flexibility index (Phi) is 7.79. The van der Waals surface area contributed by atoms with Gasteiger partial charge in [-0.15, -0.1) is 0 Å². The minimum absolute atomic E-state index is 0.103. The summed E-state index contributed by atoms with van der Waals surface area (Å²) < 4.78 is 10.7. The highest BCUT2D eigenvalue weighted by molar-refractivity contribution is 5.80. The van der Waals surface area contributed by atoms with Crippen LogP contribution in [-0.4, -0.2) is 38.3 Å². The van der Waals surface area contributed by atoms with Gasteiger partial charge in [-0.2, -0.15) is 0 Å². The molecule has 5 heteroatoms. The lowest BCUT2D eigenvalue weighted by Gasteiger charge is -2.17. The van der Waals surface area contributed by atoms with E-state index in [1.807, 2.05) is 38.1 Å². The molecule has 5 nitrogen and oxygen atoms in total. The fourth-order valence-electron chi connectivity index (χ4n) is 1.80. The van der Waals surface area contributed by atoms with Crippen molar-refractivity contribution in [2.24, 2.45) is 0 Å². The van der Waals surface area contributed by atoms with E-state index < -0.39 is 6.10 Å². The third kappa shape index (κ3) is 7.11. The molecule has 1 atom stereocenters. The Bertz CT molecular complexity index is 435. The first kappa shape index (κ1) is 17.5. The molecule has 0 saturated carbocycles. The van der Waals surface area contributed by atoms with Gasteiger partial charge in [0.05, 0.1) is 6.61 Å². The van der Waals surface area contributed by atoms with Gasteiger partial charge in [0, 0.05) is 26.2 Å². The summed E-state index contributed by atoms with van der Waals surface area (Å²) in [5, 5.41) is 6.11. The summed E-state index contributed by atoms with van der Waals surface area (Å²) in [5.41, 5.74) is 1.11. The van der Waals surface area contributed by atoms with Gasteiger partial charge >= 0.3 is 0 Å². The molecule has 0 aromatic heterocycles. The van der Waals surface area contributed by atoms with Gasteiger partial charge in [0.2, 0.25) is 0 Å². The molecule has 0 bridgehead atoms. The quantitative estimate of drug-likeness (QED) is 0.681. The first-order chi connectivity index (χ1) is 10.0. The van der Waals surface area contributed by atoms with E-state index in [4.69, 9.17) is 9.47 Å². The lowest BCUT2D eigenvalue weighted by atomic mass is 10.2. The van der Waals surface area contributed by atoms with Crippen molar-refractivity contribution in [2.45, 2.75) is 39.5 Å². The van der Waals surface area contributed by atoms with Gasteiger partial charge in [0.1, 0.15) is 5.75 Å². The number of carbonyl (C=O) groups excluding carboxylic acids is 1. The van der Waals surface area contributed by atoms with Gasteiger partial charge in [0.15, 0.2) is 6.10 Å². The number of rotatable bonds is 9. The molecule has 1 aromatic rings. The first-order valence-electron chi connectivity index (χ1n) is 7.28. The molecule has 21 heavy (non-hydrogen) atoms. The maximum Gasteiger partial charge on any atom is 0.260 e. The van der Waals surface area contributed by atoms with Crippen LogP contribution in [0.3, 0.4) is 0 Å². The molecule has 1 amide bonds. The number of hydrogen-bond acceptors (Lipinski definition) is 4. The minimum atomic E-state index is -0.510. The van der Waals surface area contributed by atoms with Crippen molar-refractivity contribution in [3.05, 3.63) is 29.8 Å². The Hall–Kier alpha value is -1.59. The number of hydrogen-bond donors (Lipinski definition) is 2. The van der Waals surface area contributed by atoms with Crippen molar-refractivity contribution in [3.8, 4) is 5.75 Å². The van der Waals surface area contributed by atoms with E-state index in [2.05, 4.69) is 10.6 Å². The lowest BCUT2D eigenvalue weighted by Crippen LogP contribution is -2.40. The van der Waals surface area contributed by atoms with Crippen molar-refractivity contribution < 1.29 is 14.3 Å². The maximum atomic E-state index is 11.8. The van der Waals surface area contributed by atoms with Crippen LogP contribution in [0, 0.1) is 0 Å². The van der Waals surface area contributed by atoms with Crippen LogP contribution in [0.2, 0.25) is 0 Å². The van der Waals surface area contributed by atoms with E-state index in [-0.39, 0.29) is 11.9 Å². The van der Waals surface area contributed by atoms with Crippen LogP contribution in [-0.2, 0) is 16.1 Å². The topological polar surface area (TPSA) is 59.6 Å². The van der Waals surface area contributed by atoms with Crippen LogP contribution in [0.15, 0.2) is 24.3 Å². The highest BCUT2D eigenvalue weighted by Crippen LogP contribution is 2.15. The van der Waals surface area contributed by atoms with Crippen molar-refractivity contribution in [1.82, 2.24) is 10.6 Å². The minimum Gasteiger partial charge on any atom is -0.481 e. The summed E-state index contributed by atoms with van der Waals surface area (Å²) in [6.07, 6.45) is -0.510. The highest BCUT2D eigenvalue weighted by Gasteiger charge is 2.15. The zero-order chi connectivity index (χ0) is 15.7. The van der Waals surface area contributed by atoms with E-state index >= 15 is 0 Å². The summed E-state index contributed by atoms with van der Waals surface area (Å²) in [5.74, 6) is 0.598. The van der Waals surface area contributed by atoms with Crippen molar-refractivity contribution >= 4 is 5.91 Å². The second-order valence-electron chi connectivity index (χ2n) is 5.24. The summed E-state index contributed by atoms with van der Waals surface area (Å²) in [4.78, 5) is 11.8. The third-order valence-corrected chi connectivity index (χ3v) is 2.82. The third-order valence-electron chi connectivity index (χ3n) is 2.82. The second kappa shape index (κ2) is 9.37. The van der Waals surface area contributed by atoms with Crippen LogP contribution in [0.4, 0.5) is 0 Å². The second-order valence-corrected chi connectivity index (χ2v) is 5.24. The van der Waals surface area contributed by atoms with Gasteiger partial charge in [-0.3, -0.25) is 4.79 Å². The summed E-state index contributed by atoms with van der Waals surface area (Å²) in [7, 11) is 1.68. The van der Waals surface area contributed by atoms with Gasteiger partial charge in [0.25, 0.3) is 5.91 Å². The lowest BCUT2D eigenvalue weighted by molar-refractivity contribution is -0.127. The molecule has 0 saturated heterocycles. The molecule has 1 aromatic carbocycles. The Morgan fingerprint density at radius 3 is 2.71 bits per heavy atom. The molecule has 0 fully saturated rings. The number of benzene rings is 1. The summed E-state index contributed by atoms with van der Waals surface area (Å²) in [6.45, 7) is 7.83. The van der Waals surface area contributed by atoms with Crippen molar-refractivity contribution in [2.75, 3.05) is 20.3 Å². The van der Waals surface area contributed by atoms with Crippen LogP contribution < -0.4 is 15.4 Å². The largest absolute Gasteiger partial charge is 0.481 e. The molecule has 0 aliphatic heterocycles. The van der Waals surface area contributed by atoms with E-state index in [1.165, 1.54) is 0 Å². The maximum absolute atomic E-state index is 11.8. The SMILES string of the molecule is COCCNCc1cccc(OC(C)C(=O)NC(C)C)c1. The number of amides is 1. The number of methoxy groups -OCH3 is 1. The van der Waals surface area contributed by atoms with Gasteiger partial charge in [-0.25, -0.2) is 0 Å². The van der Waals surface area contributed by atoms with E-state index in [0.717, 1.165) is 18.7 Å². The highest BCUT2D eigenvalue weighted by atomic mass is 16.5. The molecule has 118 valence electrons. The van der Waals surface area contributed by atoms with Gasteiger partial charge in [-0.05, 0) is 38.5 Å².